The molecule has 28 heavy (non-hydrogen) atoms. The topological polar surface area (TPSA) is 106 Å². The zero-order valence-electron chi connectivity index (χ0n) is 15.5. The quantitative estimate of drug-likeness (QED) is 0.767. The van der Waals surface area contributed by atoms with Gasteiger partial charge >= 0.3 is 0 Å². The largest absolute Gasteiger partial charge is 0.376 e. The molecule has 150 valence electrons. The van der Waals surface area contributed by atoms with Gasteiger partial charge in [0, 0.05) is 38.6 Å². The first kappa shape index (κ1) is 19.0. The molecule has 0 bridgehead atoms. The van der Waals surface area contributed by atoms with Crippen molar-refractivity contribution in [1.82, 2.24) is 24.2 Å². The zero-order valence-corrected chi connectivity index (χ0v) is 16.3. The minimum Gasteiger partial charge on any atom is -0.376 e. The van der Waals surface area contributed by atoms with Gasteiger partial charge in [-0.3, -0.25) is 9.36 Å². The Balaban J connectivity index is 1.42. The normalized spacial score (nSPS) is 20.5. The van der Waals surface area contributed by atoms with Gasteiger partial charge in [0.15, 0.2) is 0 Å². The molecule has 1 unspecified atom stereocenters. The van der Waals surface area contributed by atoms with Crippen LogP contribution in [-0.4, -0.2) is 65.5 Å². The molecule has 4 heterocycles. The van der Waals surface area contributed by atoms with Gasteiger partial charge < -0.3 is 10.1 Å². The van der Waals surface area contributed by atoms with Gasteiger partial charge in [-0.2, -0.15) is 4.31 Å². The van der Waals surface area contributed by atoms with Gasteiger partial charge in [0.1, 0.15) is 22.7 Å². The average molecular weight is 405 g/mol. The van der Waals surface area contributed by atoms with Crippen molar-refractivity contribution < 1.29 is 17.9 Å². The average Bonchev–Trinajstić information content (AvgIpc) is 3.48. The molecule has 9 nitrogen and oxygen atoms in total. The van der Waals surface area contributed by atoms with E-state index in [0.717, 1.165) is 32.3 Å². The Morgan fingerprint density at radius 3 is 2.71 bits per heavy atom. The second kappa shape index (κ2) is 7.98. The number of carbonyl (C=O) groups is 1. The fourth-order valence-corrected chi connectivity index (χ4v) is 4.89. The molecule has 2 aromatic heterocycles. The minimum absolute atomic E-state index is 0.0674. The predicted octanol–water partition coefficient (Wildman–Crippen LogP) is 0.961. The number of ether oxygens (including phenoxy) is 1. The van der Waals surface area contributed by atoms with Gasteiger partial charge in [0.25, 0.3) is 5.91 Å². The van der Waals surface area contributed by atoms with Crippen molar-refractivity contribution in [3.8, 4) is 5.82 Å². The molecule has 2 aliphatic rings. The number of sulfonamides is 1. The lowest BCUT2D eigenvalue weighted by Gasteiger charge is -2.15. The van der Waals surface area contributed by atoms with E-state index in [2.05, 4.69) is 15.3 Å². The van der Waals surface area contributed by atoms with Gasteiger partial charge in [-0.1, -0.05) is 0 Å². The highest BCUT2D eigenvalue weighted by atomic mass is 32.2. The number of nitrogens with zero attached hydrogens (tertiary/aromatic N) is 4. The first-order chi connectivity index (χ1) is 13.5. The summed E-state index contributed by atoms with van der Waals surface area (Å²) in [4.78, 5) is 20.8. The summed E-state index contributed by atoms with van der Waals surface area (Å²) < 4.78 is 33.7. The van der Waals surface area contributed by atoms with E-state index < -0.39 is 10.0 Å². The molecule has 1 atom stereocenters. The summed E-state index contributed by atoms with van der Waals surface area (Å²) in [7, 11) is -3.49. The summed E-state index contributed by atoms with van der Waals surface area (Å²) in [5, 5.41) is 2.82. The highest BCUT2D eigenvalue weighted by Gasteiger charge is 2.27. The standard InChI is InChI=1S/C18H23N5O4S/c24-18(20-10-14-4-3-9-27-14)16-12-22(13-21-16)17-6-5-15(11-19-17)28(25,26)23-7-1-2-8-23/h5-6,11-14H,1-4,7-10H2,(H,20,24). The van der Waals surface area contributed by atoms with Gasteiger partial charge in [-0.15, -0.1) is 0 Å². The Kier molecular flexibility index (Phi) is 5.42. The molecule has 1 amide bonds. The number of amides is 1. The number of hydrogen-bond acceptors (Lipinski definition) is 6. The Morgan fingerprint density at radius 1 is 1.21 bits per heavy atom. The SMILES string of the molecule is O=C(NCC1CCCO1)c1cn(-c2ccc(S(=O)(=O)N3CCCC3)cn2)cn1. The molecule has 2 aromatic rings. The lowest BCUT2D eigenvalue weighted by Crippen LogP contribution is -2.31. The minimum atomic E-state index is -3.49. The molecule has 0 spiro atoms. The molecule has 0 aliphatic carbocycles. The van der Waals surface area contributed by atoms with Crippen LogP contribution in [0.1, 0.15) is 36.2 Å². The number of pyridine rings is 1. The summed E-state index contributed by atoms with van der Waals surface area (Å²) in [6.07, 6.45) is 8.21. The third kappa shape index (κ3) is 3.94. The molecule has 0 saturated carbocycles. The number of carbonyl (C=O) groups excluding carboxylic acids is 1. The number of imidazole rings is 1. The molecule has 1 N–H and O–H groups in total. The van der Waals surface area contributed by atoms with Crippen LogP contribution in [0.15, 0.2) is 35.7 Å². The van der Waals surface area contributed by atoms with Gasteiger partial charge in [0.05, 0.1) is 6.10 Å². The maximum atomic E-state index is 12.6. The van der Waals surface area contributed by atoms with Crippen LogP contribution < -0.4 is 5.32 Å². The van der Waals surface area contributed by atoms with Crippen molar-refractivity contribution in [2.24, 2.45) is 0 Å². The van der Waals surface area contributed by atoms with Gasteiger partial charge in [-0.25, -0.2) is 18.4 Å². The first-order valence-electron chi connectivity index (χ1n) is 9.44. The molecule has 2 aliphatic heterocycles. The van der Waals surface area contributed by atoms with Crippen molar-refractivity contribution >= 4 is 15.9 Å². The second-order valence-electron chi connectivity index (χ2n) is 6.97. The Bertz CT molecular complexity index is 929. The molecule has 2 saturated heterocycles. The van der Waals surface area contributed by atoms with Crippen molar-refractivity contribution in [1.29, 1.82) is 0 Å². The Hall–Kier alpha value is -2.30. The molecule has 0 aromatic carbocycles. The molecular formula is C18H23N5O4S. The van der Waals surface area contributed by atoms with E-state index in [0.29, 0.717) is 25.5 Å². The van der Waals surface area contributed by atoms with Crippen molar-refractivity contribution in [3.63, 3.8) is 0 Å². The highest BCUT2D eigenvalue weighted by molar-refractivity contribution is 7.89. The third-order valence-electron chi connectivity index (χ3n) is 5.02. The molecular weight excluding hydrogens is 382 g/mol. The second-order valence-corrected chi connectivity index (χ2v) is 8.91. The molecule has 4 rings (SSSR count). The summed E-state index contributed by atoms with van der Waals surface area (Å²) in [5.74, 6) is 0.216. The summed E-state index contributed by atoms with van der Waals surface area (Å²) in [6.45, 7) is 2.31. The van der Waals surface area contributed by atoms with Gasteiger partial charge in [0.2, 0.25) is 10.0 Å². The smallest absolute Gasteiger partial charge is 0.271 e. The first-order valence-corrected chi connectivity index (χ1v) is 10.9. The lowest BCUT2D eigenvalue weighted by molar-refractivity contribution is 0.0854. The summed E-state index contributed by atoms with van der Waals surface area (Å²) in [6, 6.07) is 3.14. The van der Waals surface area contributed by atoms with E-state index in [1.807, 2.05) is 0 Å². The third-order valence-corrected chi connectivity index (χ3v) is 6.90. The van der Waals surface area contributed by atoms with Crippen LogP contribution in [0.25, 0.3) is 5.82 Å². The number of hydrogen-bond donors (Lipinski definition) is 1. The van der Waals surface area contributed by atoms with Crippen molar-refractivity contribution in [3.05, 3.63) is 36.5 Å². The molecule has 10 heteroatoms. The number of rotatable bonds is 6. The van der Waals surface area contributed by atoms with Crippen LogP contribution in [0.3, 0.4) is 0 Å². The van der Waals surface area contributed by atoms with Gasteiger partial charge in [-0.05, 0) is 37.8 Å². The van der Waals surface area contributed by atoms with E-state index >= 15 is 0 Å². The van der Waals surface area contributed by atoms with E-state index in [1.54, 1.807) is 16.8 Å². The summed E-state index contributed by atoms with van der Waals surface area (Å²) in [5.41, 5.74) is 0.272. The fourth-order valence-electron chi connectivity index (χ4n) is 3.42. The number of aromatic nitrogens is 3. The van der Waals surface area contributed by atoms with Crippen molar-refractivity contribution in [2.45, 2.75) is 36.7 Å². The van der Waals surface area contributed by atoms with Crippen molar-refractivity contribution in [2.75, 3.05) is 26.2 Å². The van der Waals surface area contributed by atoms with E-state index in [-0.39, 0.29) is 22.6 Å². The monoisotopic (exact) mass is 405 g/mol. The fraction of sp³-hybridized carbons (Fsp3) is 0.500. The Morgan fingerprint density at radius 2 is 2.04 bits per heavy atom. The van der Waals surface area contributed by atoms with Crippen LogP contribution in [0.4, 0.5) is 0 Å². The number of nitrogens with one attached hydrogen (secondary N) is 1. The zero-order chi connectivity index (χ0) is 19.6. The van der Waals surface area contributed by atoms with Crippen LogP contribution in [0.5, 0.6) is 0 Å². The van der Waals surface area contributed by atoms with Crippen LogP contribution in [0, 0.1) is 0 Å². The predicted molar refractivity (Wildman–Crippen MR) is 101 cm³/mol. The van der Waals surface area contributed by atoms with E-state index in [1.165, 1.54) is 22.9 Å². The van der Waals surface area contributed by atoms with Crippen LogP contribution in [0.2, 0.25) is 0 Å². The molecule has 2 fully saturated rings. The lowest BCUT2D eigenvalue weighted by atomic mass is 10.2. The highest BCUT2D eigenvalue weighted by Crippen LogP contribution is 2.21. The molecule has 0 radical (unpaired) electrons. The van der Waals surface area contributed by atoms with Crippen LogP contribution in [-0.2, 0) is 14.8 Å². The maximum Gasteiger partial charge on any atom is 0.271 e. The summed E-state index contributed by atoms with van der Waals surface area (Å²) >= 11 is 0. The maximum absolute atomic E-state index is 12.6. The Labute approximate surface area is 163 Å². The van der Waals surface area contributed by atoms with Crippen LogP contribution >= 0.6 is 0 Å². The van der Waals surface area contributed by atoms with E-state index in [9.17, 15) is 13.2 Å². The van der Waals surface area contributed by atoms with E-state index in [4.69, 9.17) is 4.74 Å².